The summed E-state index contributed by atoms with van der Waals surface area (Å²) in [6, 6.07) is 1.90. The smallest absolute Gasteiger partial charge is 0.343 e. The van der Waals surface area contributed by atoms with Gasteiger partial charge in [-0.05, 0) is 12.8 Å². The van der Waals surface area contributed by atoms with Gasteiger partial charge in [0.15, 0.2) is 6.61 Å². The molecule has 0 aromatic carbocycles. The lowest BCUT2D eigenvalue weighted by Crippen LogP contribution is -2.29. The molecule has 1 heterocycles. The lowest BCUT2D eigenvalue weighted by Gasteiger charge is -2.07. The number of ether oxygens (including phenoxy) is 1. The van der Waals surface area contributed by atoms with Crippen molar-refractivity contribution < 1.29 is 14.3 Å². The topological polar surface area (TPSA) is 97.0 Å². The van der Waals surface area contributed by atoms with E-state index >= 15 is 0 Å². The lowest BCUT2D eigenvalue weighted by molar-refractivity contribution is -0.124. The molecule has 7 nitrogen and oxygen atoms in total. The van der Waals surface area contributed by atoms with Gasteiger partial charge >= 0.3 is 5.97 Å². The van der Waals surface area contributed by atoms with Crippen LogP contribution in [0.4, 0.5) is 0 Å². The zero-order valence-corrected chi connectivity index (χ0v) is 13.6. The van der Waals surface area contributed by atoms with Gasteiger partial charge in [0, 0.05) is 13.1 Å². The summed E-state index contributed by atoms with van der Waals surface area (Å²) in [7, 11) is 0. The molecule has 1 N–H and O–H groups in total. The number of carbonyl (C=O) groups excluding carboxylic acids is 2. The molecule has 0 saturated carbocycles. The molecule has 22 heavy (non-hydrogen) atoms. The second-order valence-electron chi connectivity index (χ2n) is 5.16. The molecule has 8 heteroatoms. The number of nitrogens with one attached hydrogen (secondary N) is 1. The molecule has 0 aliphatic heterocycles. The van der Waals surface area contributed by atoms with Crippen LogP contribution >= 0.6 is 11.6 Å². The number of esters is 1. The summed E-state index contributed by atoms with van der Waals surface area (Å²) in [6.45, 7) is 6.07. The van der Waals surface area contributed by atoms with Crippen LogP contribution in [0.25, 0.3) is 0 Å². The van der Waals surface area contributed by atoms with Crippen LogP contribution < -0.4 is 5.32 Å². The predicted octanol–water partition coefficient (Wildman–Crippen LogP) is 1.69. The molecule has 0 bridgehead atoms. The highest BCUT2D eigenvalue weighted by Gasteiger charge is 2.22. The molecule has 0 saturated heterocycles. The number of hydrogen-bond donors (Lipinski definition) is 1. The van der Waals surface area contributed by atoms with E-state index in [-0.39, 0.29) is 23.7 Å². The third-order valence-electron chi connectivity index (χ3n) is 2.70. The highest BCUT2D eigenvalue weighted by atomic mass is 35.5. The van der Waals surface area contributed by atoms with Crippen molar-refractivity contribution in [3.63, 3.8) is 0 Å². The Labute approximate surface area is 134 Å². The van der Waals surface area contributed by atoms with Crippen molar-refractivity contribution >= 4 is 23.5 Å². The number of rotatable bonds is 7. The molecule has 1 aromatic rings. The van der Waals surface area contributed by atoms with Gasteiger partial charge in [0.2, 0.25) is 0 Å². The number of carbonyl (C=O) groups is 2. The Balaban J connectivity index is 2.64. The Morgan fingerprint density at radius 2 is 2.18 bits per heavy atom. The Hall–Kier alpha value is -2.07. The second kappa shape index (κ2) is 8.39. The van der Waals surface area contributed by atoms with Crippen LogP contribution in [0.15, 0.2) is 0 Å². The molecular weight excluding hydrogens is 308 g/mol. The molecule has 120 valence electrons. The Morgan fingerprint density at radius 1 is 1.50 bits per heavy atom. The molecule has 0 fully saturated rings. The number of amides is 1. The van der Waals surface area contributed by atoms with Crippen LogP contribution in [0.3, 0.4) is 0 Å². The largest absolute Gasteiger partial charge is 0.452 e. The first-order chi connectivity index (χ1) is 10.4. The lowest BCUT2D eigenvalue weighted by atomic mass is 10.2. The van der Waals surface area contributed by atoms with Crippen molar-refractivity contribution in [2.45, 2.75) is 33.7 Å². The fourth-order valence-corrected chi connectivity index (χ4v) is 2.08. The summed E-state index contributed by atoms with van der Waals surface area (Å²) < 4.78 is 6.48. The molecule has 0 atom stereocenters. The maximum absolute atomic E-state index is 12.0. The summed E-state index contributed by atoms with van der Waals surface area (Å²) in [5.41, 5.74) is 0.632. The minimum absolute atomic E-state index is 0.173. The van der Waals surface area contributed by atoms with E-state index in [0.717, 1.165) is 0 Å². The standard InChI is InChI=1S/C14H19ClN4O3/c1-9(2)7-19-13(15)12(10(3)18-19)14(21)22-8-11(20)17-6-4-5-16/h9H,4,6-8H2,1-3H3,(H,17,20). The van der Waals surface area contributed by atoms with Crippen LogP contribution in [0.5, 0.6) is 0 Å². The van der Waals surface area contributed by atoms with Gasteiger partial charge in [0.25, 0.3) is 5.91 Å². The summed E-state index contributed by atoms with van der Waals surface area (Å²) in [4.78, 5) is 23.5. The van der Waals surface area contributed by atoms with E-state index in [2.05, 4.69) is 10.4 Å². The van der Waals surface area contributed by atoms with Crippen LogP contribution in [0, 0.1) is 24.2 Å². The van der Waals surface area contributed by atoms with E-state index in [4.69, 9.17) is 21.6 Å². The number of aromatic nitrogens is 2. The van der Waals surface area contributed by atoms with Gasteiger partial charge in [-0.3, -0.25) is 9.48 Å². The first-order valence-corrected chi connectivity index (χ1v) is 7.28. The van der Waals surface area contributed by atoms with Gasteiger partial charge in [-0.25, -0.2) is 4.79 Å². The summed E-state index contributed by atoms with van der Waals surface area (Å²) >= 11 is 6.15. The zero-order chi connectivity index (χ0) is 16.7. The molecule has 0 spiro atoms. The fourth-order valence-electron chi connectivity index (χ4n) is 1.76. The van der Waals surface area contributed by atoms with E-state index in [9.17, 15) is 9.59 Å². The summed E-state index contributed by atoms with van der Waals surface area (Å²) in [5, 5.41) is 15.2. The van der Waals surface area contributed by atoms with Gasteiger partial charge in [-0.15, -0.1) is 0 Å². The number of hydrogen-bond acceptors (Lipinski definition) is 5. The Kier molecular flexibility index (Phi) is 6.86. The first-order valence-electron chi connectivity index (χ1n) is 6.90. The van der Waals surface area contributed by atoms with Crippen molar-refractivity contribution in [1.29, 1.82) is 5.26 Å². The number of nitrogens with zero attached hydrogens (tertiary/aromatic N) is 3. The van der Waals surface area contributed by atoms with Crippen molar-refractivity contribution in [3.8, 4) is 6.07 Å². The zero-order valence-electron chi connectivity index (χ0n) is 12.9. The quantitative estimate of drug-likeness (QED) is 0.607. The average Bonchev–Trinajstić information content (AvgIpc) is 2.70. The molecule has 1 amide bonds. The van der Waals surface area contributed by atoms with Gasteiger partial charge in [0.1, 0.15) is 10.7 Å². The third-order valence-corrected chi connectivity index (χ3v) is 3.09. The van der Waals surface area contributed by atoms with Crippen molar-refractivity contribution in [1.82, 2.24) is 15.1 Å². The maximum Gasteiger partial charge on any atom is 0.343 e. The minimum Gasteiger partial charge on any atom is -0.452 e. The normalized spacial score (nSPS) is 10.4. The maximum atomic E-state index is 12.0. The third kappa shape index (κ3) is 5.04. The highest BCUT2D eigenvalue weighted by Crippen LogP contribution is 2.21. The van der Waals surface area contributed by atoms with E-state index in [1.165, 1.54) is 0 Å². The van der Waals surface area contributed by atoms with E-state index < -0.39 is 18.5 Å². The van der Waals surface area contributed by atoms with E-state index in [1.54, 1.807) is 11.6 Å². The van der Waals surface area contributed by atoms with Crippen molar-refractivity contribution in [2.75, 3.05) is 13.2 Å². The predicted molar refractivity (Wildman–Crippen MR) is 80.3 cm³/mol. The van der Waals surface area contributed by atoms with Crippen LogP contribution in [0.2, 0.25) is 5.15 Å². The summed E-state index contributed by atoms with van der Waals surface area (Å²) in [5.74, 6) is -0.827. The van der Waals surface area contributed by atoms with E-state index in [1.807, 2.05) is 19.9 Å². The number of halogens is 1. The van der Waals surface area contributed by atoms with Gasteiger partial charge in [0.05, 0.1) is 18.2 Å². The molecular formula is C14H19ClN4O3. The minimum atomic E-state index is -0.687. The monoisotopic (exact) mass is 326 g/mol. The Bertz CT molecular complexity index is 590. The van der Waals surface area contributed by atoms with Crippen LogP contribution in [-0.2, 0) is 16.1 Å². The van der Waals surface area contributed by atoms with Gasteiger partial charge < -0.3 is 10.1 Å². The highest BCUT2D eigenvalue weighted by molar-refractivity contribution is 6.32. The molecule has 0 radical (unpaired) electrons. The van der Waals surface area contributed by atoms with Gasteiger partial charge in [-0.2, -0.15) is 10.4 Å². The number of nitriles is 1. The molecule has 0 aliphatic rings. The SMILES string of the molecule is Cc1nn(CC(C)C)c(Cl)c1C(=O)OCC(=O)NCCC#N. The number of aryl methyl sites for hydroxylation is 1. The van der Waals surface area contributed by atoms with Crippen molar-refractivity contribution in [2.24, 2.45) is 5.92 Å². The van der Waals surface area contributed by atoms with Crippen LogP contribution in [0.1, 0.15) is 36.3 Å². The van der Waals surface area contributed by atoms with E-state index in [0.29, 0.717) is 18.2 Å². The Morgan fingerprint density at radius 3 is 2.77 bits per heavy atom. The first kappa shape index (κ1) is 18.0. The fraction of sp³-hybridized carbons (Fsp3) is 0.571. The summed E-state index contributed by atoms with van der Waals surface area (Å²) in [6.07, 6.45) is 0.201. The molecule has 1 rings (SSSR count). The molecule has 0 aliphatic carbocycles. The van der Waals surface area contributed by atoms with Crippen molar-refractivity contribution in [3.05, 3.63) is 16.4 Å². The van der Waals surface area contributed by atoms with Crippen LogP contribution in [-0.4, -0.2) is 34.8 Å². The molecule has 1 aromatic heterocycles. The molecule has 0 unspecified atom stereocenters. The average molecular weight is 327 g/mol. The second-order valence-corrected chi connectivity index (χ2v) is 5.52. The van der Waals surface area contributed by atoms with Gasteiger partial charge in [-0.1, -0.05) is 25.4 Å².